The molecular weight excluding hydrogens is 240 g/mol. The standard InChI is InChI=1S/C12H15ClN2O2/c1-8-6-9(7-11(13)14-8)12(16)15-17-10-4-2-3-5-10/h6-7,10H,2-5H2,1H3,(H,15,16). The van der Waals surface area contributed by atoms with Gasteiger partial charge in [-0.2, -0.15) is 0 Å². The van der Waals surface area contributed by atoms with Crippen LogP contribution < -0.4 is 5.48 Å². The summed E-state index contributed by atoms with van der Waals surface area (Å²) in [6.45, 7) is 1.79. The monoisotopic (exact) mass is 254 g/mol. The molecular formula is C12H15ClN2O2. The number of carbonyl (C=O) groups is 1. The van der Waals surface area contributed by atoms with Crippen LogP contribution in [0.25, 0.3) is 0 Å². The molecule has 0 radical (unpaired) electrons. The zero-order valence-electron chi connectivity index (χ0n) is 9.70. The largest absolute Gasteiger partial charge is 0.275 e. The van der Waals surface area contributed by atoms with E-state index < -0.39 is 0 Å². The van der Waals surface area contributed by atoms with E-state index in [1.807, 2.05) is 0 Å². The Hall–Kier alpha value is -1.13. The summed E-state index contributed by atoms with van der Waals surface area (Å²) >= 11 is 5.79. The van der Waals surface area contributed by atoms with E-state index in [-0.39, 0.29) is 12.0 Å². The first-order valence-electron chi connectivity index (χ1n) is 5.75. The molecule has 1 aromatic rings. The quantitative estimate of drug-likeness (QED) is 0.666. The fourth-order valence-electron chi connectivity index (χ4n) is 1.96. The Morgan fingerprint density at radius 1 is 1.47 bits per heavy atom. The summed E-state index contributed by atoms with van der Waals surface area (Å²) in [4.78, 5) is 21.1. The number of hydroxylamine groups is 1. The lowest BCUT2D eigenvalue weighted by molar-refractivity contribution is -0.0125. The molecule has 0 saturated heterocycles. The predicted octanol–water partition coefficient (Wildman–Crippen LogP) is 2.65. The van der Waals surface area contributed by atoms with Crippen LogP contribution in [0.2, 0.25) is 5.15 Å². The van der Waals surface area contributed by atoms with Gasteiger partial charge in [0.05, 0.1) is 6.10 Å². The van der Waals surface area contributed by atoms with E-state index in [2.05, 4.69) is 10.5 Å². The molecule has 1 saturated carbocycles. The number of pyridine rings is 1. The van der Waals surface area contributed by atoms with Crippen LogP contribution in [0.5, 0.6) is 0 Å². The van der Waals surface area contributed by atoms with Gasteiger partial charge in [-0.15, -0.1) is 0 Å². The highest BCUT2D eigenvalue weighted by molar-refractivity contribution is 6.29. The minimum atomic E-state index is -0.274. The maximum Gasteiger partial charge on any atom is 0.275 e. The number of aromatic nitrogens is 1. The van der Waals surface area contributed by atoms with Gasteiger partial charge < -0.3 is 0 Å². The minimum absolute atomic E-state index is 0.150. The van der Waals surface area contributed by atoms with E-state index in [0.717, 1.165) is 12.8 Å². The third-order valence-electron chi connectivity index (χ3n) is 2.80. The van der Waals surface area contributed by atoms with Gasteiger partial charge in [0.1, 0.15) is 5.15 Å². The van der Waals surface area contributed by atoms with Gasteiger partial charge in [-0.3, -0.25) is 9.63 Å². The lowest BCUT2D eigenvalue weighted by Crippen LogP contribution is -2.28. The topological polar surface area (TPSA) is 51.2 Å². The number of amides is 1. The molecule has 1 heterocycles. The highest BCUT2D eigenvalue weighted by atomic mass is 35.5. The zero-order valence-corrected chi connectivity index (χ0v) is 10.5. The average molecular weight is 255 g/mol. The van der Waals surface area contributed by atoms with E-state index in [1.165, 1.54) is 18.9 Å². The van der Waals surface area contributed by atoms with E-state index in [9.17, 15) is 4.79 Å². The van der Waals surface area contributed by atoms with Gasteiger partial charge in [0.2, 0.25) is 0 Å². The van der Waals surface area contributed by atoms with Crippen molar-refractivity contribution in [2.24, 2.45) is 0 Å². The fourth-order valence-corrected chi connectivity index (χ4v) is 2.21. The Balaban J connectivity index is 1.94. The molecule has 0 spiro atoms. The van der Waals surface area contributed by atoms with Gasteiger partial charge in [-0.05, 0) is 31.9 Å². The molecule has 1 amide bonds. The Morgan fingerprint density at radius 2 is 2.18 bits per heavy atom. The number of halogens is 1. The first-order chi connectivity index (χ1) is 8.15. The third kappa shape index (κ3) is 3.41. The molecule has 1 N–H and O–H groups in total. The van der Waals surface area contributed by atoms with Crippen molar-refractivity contribution in [1.82, 2.24) is 10.5 Å². The van der Waals surface area contributed by atoms with Crippen molar-refractivity contribution in [1.29, 1.82) is 0 Å². The van der Waals surface area contributed by atoms with Gasteiger partial charge in [0.25, 0.3) is 5.91 Å². The number of hydrogen-bond donors (Lipinski definition) is 1. The maximum atomic E-state index is 11.8. The molecule has 17 heavy (non-hydrogen) atoms. The van der Waals surface area contributed by atoms with Crippen LogP contribution in [0.1, 0.15) is 41.7 Å². The highest BCUT2D eigenvalue weighted by Gasteiger charge is 2.17. The summed E-state index contributed by atoms with van der Waals surface area (Å²) < 4.78 is 0. The van der Waals surface area contributed by atoms with Gasteiger partial charge in [-0.1, -0.05) is 24.4 Å². The van der Waals surface area contributed by atoms with E-state index in [4.69, 9.17) is 16.4 Å². The molecule has 4 nitrogen and oxygen atoms in total. The van der Waals surface area contributed by atoms with Crippen LogP contribution in [-0.4, -0.2) is 17.0 Å². The van der Waals surface area contributed by atoms with Crippen LogP contribution in [0.3, 0.4) is 0 Å². The molecule has 92 valence electrons. The van der Waals surface area contributed by atoms with E-state index >= 15 is 0 Å². The summed E-state index contributed by atoms with van der Waals surface area (Å²) in [5.41, 5.74) is 3.65. The van der Waals surface area contributed by atoms with E-state index in [0.29, 0.717) is 16.4 Å². The van der Waals surface area contributed by atoms with Gasteiger partial charge in [0, 0.05) is 11.3 Å². The Labute approximate surface area is 105 Å². The second kappa shape index (κ2) is 5.47. The van der Waals surface area contributed by atoms with Crippen LogP contribution in [-0.2, 0) is 4.84 Å². The molecule has 1 aliphatic rings. The molecule has 0 aromatic carbocycles. The molecule has 1 fully saturated rings. The van der Waals surface area contributed by atoms with Gasteiger partial charge >= 0.3 is 0 Å². The van der Waals surface area contributed by atoms with Crippen LogP contribution in [0, 0.1) is 6.92 Å². The number of aryl methyl sites for hydroxylation is 1. The number of hydrogen-bond acceptors (Lipinski definition) is 3. The third-order valence-corrected chi connectivity index (χ3v) is 3.00. The number of carbonyl (C=O) groups excluding carboxylic acids is 1. The molecule has 2 rings (SSSR count). The van der Waals surface area contributed by atoms with Gasteiger partial charge in [-0.25, -0.2) is 10.5 Å². The molecule has 5 heteroatoms. The van der Waals surface area contributed by atoms with Crippen molar-refractivity contribution >= 4 is 17.5 Å². The van der Waals surface area contributed by atoms with Crippen molar-refractivity contribution in [2.45, 2.75) is 38.7 Å². The fraction of sp³-hybridized carbons (Fsp3) is 0.500. The van der Waals surface area contributed by atoms with Crippen molar-refractivity contribution in [2.75, 3.05) is 0 Å². The number of nitrogens with zero attached hydrogens (tertiary/aromatic N) is 1. The van der Waals surface area contributed by atoms with Crippen molar-refractivity contribution in [3.05, 3.63) is 28.5 Å². The molecule has 1 aliphatic carbocycles. The lowest BCUT2D eigenvalue weighted by atomic mass is 10.2. The molecule has 0 aliphatic heterocycles. The molecule has 0 bridgehead atoms. The summed E-state index contributed by atoms with van der Waals surface area (Å²) in [6, 6.07) is 3.21. The Bertz CT molecular complexity index is 397. The van der Waals surface area contributed by atoms with Crippen LogP contribution in [0.15, 0.2) is 12.1 Å². The van der Waals surface area contributed by atoms with Crippen molar-refractivity contribution in [3.63, 3.8) is 0 Å². The Morgan fingerprint density at radius 3 is 2.82 bits per heavy atom. The zero-order chi connectivity index (χ0) is 12.3. The smallest absolute Gasteiger partial charge is 0.270 e. The van der Waals surface area contributed by atoms with Crippen LogP contribution in [0.4, 0.5) is 0 Å². The summed E-state index contributed by atoms with van der Waals surface area (Å²) in [5, 5.41) is 0.316. The Kier molecular flexibility index (Phi) is 3.97. The predicted molar refractivity (Wildman–Crippen MR) is 64.8 cm³/mol. The summed E-state index contributed by atoms with van der Waals surface area (Å²) in [6.07, 6.45) is 4.51. The van der Waals surface area contributed by atoms with Gasteiger partial charge in [0.15, 0.2) is 0 Å². The lowest BCUT2D eigenvalue weighted by Gasteiger charge is -2.11. The average Bonchev–Trinajstić information content (AvgIpc) is 2.77. The normalized spacial score (nSPS) is 16.1. The first-order valence-corrected chi connectivity index (χ1v) is 6.13. The SMILES string of the molecule is Cc1cc(C(=O)NOC2CCCC2)cc(Cl)n1. The molecule has 0 unspecified atom stereocenters. The summed E-state index contributed by atoms with van der Waals surface area (Å²) in [7, 11) is 0. The molecule has 0 atom stereocenters. The second-order valence-electron chi connectivity index (χ2n) is 4.28. The number of nitrogens with one attached hydrogen (secondary N) is 1. The first kappa shape index (κ1) is 12.3. The van der Waals surface area contributed by atoms with Crippen LogP contribution >= 0.6 is 11.6 Å². The molecule has 1 aromatic heterocycles. The second-order valence-corrected chi connectivity index (χ2v) is 4.66. The van der Waals surface area contributed by atoms with Crippen molar-refractivity contribution in [3.8, 4) is 0 Å². The van der Waals surface area contributed by atoms with E-state index in [1.54, 1.807) is 13.0 Å². The summed E-state index contributed by atoms with van der Waals surface area (Å²) in [5.74, 6) is -0.274. The minimum Gasteiger partial charge on any atom is -0.270 e. The highest BCUT2D eigenvalue weighted by Crippen LogP contribution is 2.20. The maximum absolute atomic E-state index is 11.8. The number of rotatable bonds is 3. The van der Waals surface area contributed by atoms with Crippen molar-refractivity contribution < 1.29 is 9.63 Å².